The Bertz CT molecular complexity index is 462. The molecular formula is C13H15NO2S. The van der Waals surface area contributed by atoms with Crippen molar-refractivity contribution < 1.29 is 9.90 Å². The van der Waals surface area contributed by atoms with Gasteiger partial charge in [-0.3, -0.25) is 4.79 Å². The Labute approximate surface area is 106 Å². The predicted molar refractivity (Wildman–Crippen MR) is 68.0 cm³/mol. The van der Waals surface area contributed by atoms with Gasteiger partial charge in [0, 0.05) is 24.6 Å². The lowest BCUT2D eigenvalue weighted by atomic mass is 10.1. The van der Waals surface area contributed by atoms with E-state index in [1.807, 2.05) is 24.3 Å². The van der Waals surface area contributed by atoms with Gasteiger partial charge in [0.25, 0.3) is 0 Å². The second-order valence-corrected chi connectivity index (χ2v) is 5.55. The van der Waals surface area contributed by atoms with Crippen LogP contribution in [0.1, 0.15) is 23.6 Å². The summed E-state index contributed by atoms with van der Waals surface area (Å²) >= 11 is 4.36. The molecule has 3 rings (SSSR count). The average molecular weight is 249 g/mol. The van der Waals surface area contributed by atoms with Crippen LogP contribution in [0.2, 0.25) is 0 Å². The van der Waals surface area contributed by atoms with Gasteiger partial charge in [-0.05, 0) is 11.1 Å². The van der Waals surface area contributed by atoms with Gasteiger partial charge in [0.1, 0.15) is 0 Å². The van der Waals surface area contributed by atoms with Crippen LogP contribution in [0.25, 0.3) is 0 Å². The van der Waals surface area contributed by atoms with Crippen LogP contribution in [-0.2, 0) is 11.2 Å². The van der Waals surface area contributed by atoms with Crippen LogP contribution in [0.4, 0.5) is 0 Å². The van der Waals surface area contributed by atoms with E-state index in [1.165, 1.54) is 0 Å². The first-order valence-corrected chi connectivity index (χ1v) is 6.42. The molecule has 1 amide bonds. The molecule has 1 saturated heterocycles. The zero-order chi connectivity index (χ0) is 12.0. The van der Waals surface area contributed by atoms with E-state index in [1.54, 1.807) is 4.90 Å². The second-order valence-electron chi connectivity index (χ2n) is 4.82. The molecule has 17 heavy (non-hydrogen) atoms. The Hall–Kier alpha value is -1.00. The summed E-state index contributed by atoms with van der Waals surface area (Å²) in [5, 5.41) is 10.3. The predicted octanol–water partition coefficient (Wildman–Crippen LogP) is 1.18. The van der Waals surface area contributed by atoms with E-state index in [9.17, 15) is 9.90 Å². The van der Waals surface area contributed by atoms with E-state index in [-0.39, 0.29) is 17.2 Å². The third kappa shape index (κ3) is 1.76. The van der Waals surface area contributed by atoms with E-state index in [2.05, 4.69) is 12.6 Å². The second kappa shape index (κ2) is 4.03. The molecule has 1 N–H and O–H groups in total. The molecule has 0 radical (unpaired) electrons. The fourth-order valence-electron chi connectivity index (χ4n) is 2.91. The largest absolute Gasteiger partial charge is 0.390 e. The molecule has 1 aliphatic carbocycles. The molecule has 3 nitrogen and oxygen atoms in total. The normalized spacial score (nSPS) is 32.0. The van der Waals surface area contributed by atoms with E-state index in [4.69, 9.17) is 0 Å². The average Bonchev–Trinajstić information content (AvgIpc) is 2.77. The number of aliphatic hydroxyl groups excluding tert-OH is 1. The monoisotopic (exact) mass is 249 g/mol. The van der Waals surface area contributed by atoms with Crippen molar-refractivity contribution in [2.45, 2.75) is 30.2 Å². The maximum Gasteiger partial charge on any atom is 0.224 e. The summed E-state index contributed by atoms with van der Waals surface area (Å²) < 4.78 is 0. The van der Waals surface area contributed by atoms with Gasteiger partial charge in [0.2, 0.25) is 5.91 Å². The Morgan fingerprint density at radius 2 is 2.06 bits per heavy atom. The van der Waals surface area contributed by atoms with Crippen molar-refractivity contribution in [3.8, 4) is 0 Å². The first-order valence-electron chi connectivity index (χ1n) is 5.90. The van der Waals surface area contributed by atoms with Crippen LogP contribution in [0.15, 0.2) is 24.3 Å². The lowest BCUT2D eigenvalue weighted by molar-refractivity contribution is -0.131. The number of likely N-dealkylation sites (tertiary alicyclic amines) is 1. The molecule has 2 aliphatic rings. The van der Waals surface area contributed by atoms with Crippen molar-refractivity contribution in [1.29, 1.82) is 0 Å². The van der Waals surface area contributed by atoms with Gasteiger partial charge < -0.3 is 10.0 Å². The van der Waals surface area contributed by atoms with Gasteiger partial charge in [-0.25, -0.2) is 0 Å². The highest BCUT2D eigenvalue weighted by molar-refractivity contribution is 7.81. The summed E-state index contributed by atoms with van der Waals surface area (Å²) in [5.41, 5.74) is 2.25. The van der Waals surface area contributed by atoms with Crippen molar-refractivity contribution >= 4 is 18.5 Å². The number of aliphatic hydroxyl groups is 1. The maximum absolute atomic E-state index is 11.9. The van der Waals surface area contributed by atoms with Gasteiger partial charge in [-0.2, -0.15) is 12.6 Å². The van der Waals surface area contributed by atoms with Crippen LogP contribution in [-0.4, -0.2) is 33.8 Å². The summed E-state index contributed by atoms with van der Waals surface area (Å²) in [6.45, 7) is 0.637. The van der Waals surface area contributed by atoms with E-state index < -0.39 is 6.10 Å². The number of amides is 1. The van der Waals surface area contributed by atoms with Crippen LogP contribution in [0, 0.1) is 0 Å². The highest BCUT2D eigenvalue weighted by atomic mass is 32.1. The number of nitrogens with zero attached hydrogens (tertiary/aromatic N) is 1. The molecule has 1 aromatic carbocycles. The number of hydrogen-bond donors (Lipinski definition) is 2. The first kappa shape index (κ1) is 11.1. The molecule has 1 aliphatic heterocycles. The summed E-state index contributed by atoms with van der Waals surface area (Å²) in [7, 11) is 0. The van der Waals surface area contributed by atoms with Crippen LogP contribution in [0.5, 0.6) is 0 Å². The van der Waals surface area contributed by atoms with Crippen LogP contribution >= 0.6 is 12.6 Å². The highest BCUT2D eigenvalue weighted by Crippen LogP contribution is 2.38. The topological polar surface area (TPSA) is 40.5 Å². The molecule has 1 aromatic rings. The lowest BCUT2D eigenvalue weighted by Crippen LogP contribution is -2.35. The standard InChI is InChI=1S/C13H15NO2S/c15-11-5-8-3-1-2-4-10(8)13(11)14-7-9(17)6-12(14)16/h1-4,9,11,13,15,17H,5-7H2/t9?,11-,13+/m0/s1. The molecule has 1 heterocycles. The number of rotatable bonds is 1. The smallest absolute Gasteiger partial charge is 0.224 e. The molecule has 0 bridgehead atoms. The number of carbonyl (C=O) groups is 1. The molecule has 1 fully saturated rings. The van der Waals surface area contributed by atoms with Gasteiger partial charge in [-0.1, -0.05) is 24.3 Å². The van der Waals surface area contributed by atoms with Crippen molar-refractivity contribution in [3.63, 3.8) is 0 Å². The van der Waals surface area contributed by atoms with Gasteiger partial charge in [0.15, 0.2) is 0 Å². The Morgan fingerprint density at radius 3 is 2.76 bits per heavy atom. The number of thiol groups is 1. The molecule has 0 spiro atoms. The van der Waals surface area contributed by atoms with E-state index >= 15 is 0 Å². The number of carbonyl (C=O) groups excluding carboxylic acids is 1. The SMILES string of the molecule is O=C1CC(S)CN1[C@@H]1c2ccccc2C[C@@H]1O. The fraction of sp³-hybridized carbons (Fsp3) is 0.462. The summed E-state index contributed by atoms with van der Waals surface area (Å²) in [6, 6.07) is 7.80. The highest BCUT2D eigenvalue weighted by Gasteiger charge is 2.41. The molecule has 4 heteroatoms. The first-order chi connectivity index (χ1) is 8.16. The molecule has 0 aromatic heterocycles. The fourth-order valence-corrected chi connectivity index (χ4v) is 3.24. The maximum atomic E-state index is 11.9. The third-order valence-corrected chi connectivity index (χ3v) is 3.99. The molecule has 0 saturated carbocycles. The Kier molecular flexibility index (Phi) is 2.64. The summed E-state index contributed by atoms with van der Waals surface area (Å²) in [4.78, 5) is 13.7. The molecule has 1 unspecified atom stereocenters. The third-order valence-electron chi connectivity index (χ3n) is 3.64. The minimum absolute atomic E-state index is 0.0995. The summed E-state index contributed by atoms with van der Waals surface area (Å²) in [5.74, 6) is 0.103. The molecule has 90 valence electrons. The van der Waals surface area contributed by atoms with Gasteiger partial charge in [0.05, 0.1) is 12.1 Å². The van der Waals surface area contributed by atoms with Gasteiger partial charge >= 0.3 is 0 Å². The zero-order valence-corrected chi connectivity index (χ0v) is 10.3. The number of benzene rings is 1. The minimum Gasteiger partial charge on any atom is -0.390 e. The number of hydrogen-bond acceptors (Lipinski definition) is 3. The Morgan fingerprint density at radius 1 is 1.29 bits per heavy atom. The van der Waals surface area contributed by atoms with Crippen molar-refractivity contribution in [3.05, 3.63) is 35.4 Å². The quantitative estimate of drug-likeness (QED) is 0.734. The molecular weight excluding hydrogens is 234 g/mol. The van der Waals surface area contributed by atoms with Gasteiger partial charge in [-0.15, -0.1) is 0 Å². The summed E-state index contributed by atoms with van der Waals surface area (Å²) in [6.07, 6.45) is 0.645. The van der Waals surface area contributed by atoms with Crippen LogP contribution in [0.3, 0.4) is 0 Å². The zero-order valence-electron chi connectivity index (χ0n) is 9.41. The lowest BCUT2D eigenvalue weighted by Gasteiger charge is -2.27. The van der Waals surface area contributed by atoms with Crippen molar-refractivity contribution in [2.75, 3.05) is 6.54 Å². The van der Waals surface area contributed by atoms with E-state index in [0.29, 0.717) is 19.4 Å². The Balaban J connectivity index is 1.96. The number of fused-ring (bicyclic) bond motifs is 1. The van der Waals surface area contributed by atoms with E-state index in [0.717, 1.165) is 11.1 Å². The minimum atomic E-state index is -0.477. The van der Waals surface area contributed by atoms with Crippen LogP contribution < -0.4 is 0 Å². The molecule has 3 atom stereocenters. The van der Waals surface area contributed by atoms with Crippen molar-refractivity contribution in [1.82, 2.24) is 4.90 Å². The van der Waals surface area contributed by atoms with Crippen molar-refractivity contribution in [2.24, 2.45) is 0 Å².